The molecule has 21 heavy (non-hydrogen) atoms. The Morgan fingerprint density at radius 3 is 2.52 bits per heavy atom. The highest BCUT2D eigenvalue weighted by atomic mass is 16.2. The van der Waals surface area contributed by atoms with E-state index in [1.807, 2.05) is 30.3 Å². The van der Waals surface area contributed by atoms with Gasteiger partial charge in [-0.3, -0.25) is 4.79 Å². The first-order chi connectivity index (χ1) is 10.3. The monoisotopic (exact) mass is 286 g/mol. The Morgan fingerprint density at radius 2 is 1.86 bits per heavy atom. The van der Waals surface area contributed by atoms with E-state index in [1.165, 1.54) is 32.1 Å². The average Bonchev–Trinajstić information content (AvgIpc) is 3.20. The van der Waals surface area contributed by atoms with Crippen molar-refractivity contribution in [1.29, 1.82) is 0 Å². The zero-order valence-electron chi connectivity index (χ0n) is 12.7. The second-order valence-corrected chi connectivity index (χ2v) is 6.48. The molecule has 2 N–H and O–H groups in total. The SMILES string of the molecule is NCC(C(=O)N1CCCC1C1CCCC1)c1ccccc1. The van der Waals surface area contributed by atoms with Crippen LogP contribution in [0.5, 0.6) is 0 Å². The van der Waals surface area contributed by atoms with Crippen LogP contribution in [-0.2, 0) is 4.79 Å². The maximum absolute atomic E-state index is 13.0. The normalized spacial score (nSPS) is 24.4. The van der Waals surface area contributed by atoms with Crippen molar-refractivity contribution < 1.29 is 4.79 Å². The molecule has 1 saturated heterocycles. The van der Waals surface area contributed by atoms with Crippen LogP contribution in [0, 0.1) is 5.92 Å². The van der Waals surface area contributed by atoms with Crippen LogP contribution in [0.15, 0.2) is 30.3 Å². The lowest BCUT2D eigenvalue weighted by Crippen LogP contribution is -2.43. The number of nitrogens with zero attached hydrogens (tertiary/aromatic N) is 1. The molecule has 0 bridgehead atoms. The molecular formula is C18H26N2O. The number of carbonyl (C=O) groups is 1. The van der Waals surface area contributed by atoms with E-state index in [9.17, 15) is 4.79 Å². The minimum Gasteiger partial charge on any atom is -0.339 e. The van der Waals surface area contributed by atoms with Gasteiger partial charge in [-0.1, -0.05) is 43.2 Å². The molecule has 0 radical (unpaired) electrons. The van der Waals surface area contributed by atoms with Crippen LogP contribution in [-0.4, -0.2) is 29.9 Å². The first-order valence-corrected chi connectivity index (χ1v) is 8.36. The summed E-state index contributed by atoms with van der Waals surface area (Å²) >= 11 is 0. The maximum Gasteiger partial charge on any atom is 0.231 e. The molecule has 3 nitrogen and oxygen atoms in total. The van der Waals surface area contributed by atoms with Crippen LogP contribution in [0.4, 0.5) is 0 Å². The van der Waals surface area contributed by atoms with Gasteiger partial charge in [0.05, 0.1) is 5.92 Å². The van der Waals surface area contributed by atoms with Gasteiger partial charge < -0.3 is 10.6 Å². The van der Waals surface area contributed by atoms with Crippen molar-refractivity contribution in [1.82, 2.24) is 4.90 Å². The van der Waals surface area contributed by atoms with Crippen molar-refractivity contribution in [2.45, 2.75) is 50.5 Å². The van der Waals surface area contributed by atoms with Gasteiger partial charge in [-0.05, 0) is 37.2 Å². The predicted octanol–water partition coefficient (Wildman–Crippen LogP) is 2.91. The lowest BCUT2D eigenvalue weighted by Gasteiger charge is -2.32. The molecule has 1 heterocycles. The van der Waals surface area contributed by atoms with Gasteiger partial charge in [-0.15, -0.1) is 0 Å². The molecule has 114 valence electrons. The topological polar surface area (TPSA) is 46.3 Å². The Bertz CT molecular complexity index is 467. The van der Waals surface area contributed by atoms with Crippen LogP contribution < -0.4 is 5.73 Å². The molecule has 0 spiro atoms. The number of hydrogen-bond acceptors (Lipinski definition) is 2. The summed E-state index contributed by atoms with van der Waals surface area (Å²) in [6.07, 6.45) is 7.60. The highest BCUT2D eigenvalue weighted by molar-refractivity contribution is 5.84. The van der Waals surface area contributed by atoms with Gasteiger partial charge in [0, 0.05) is 19.1 Å². The first kappa shape index (κ1) is 14.6. The third-order valence-electron chi connectivity index (χ3n) is 5.26. The van der Waals surface area contributed by atoms with Gasteiger partial charge in [0.2, 0.25) is 5.91 Å². The van der Waals surface area contributed by atoms with Gasteiger partial charge >= 0.3 is 0 Å². The van der Waals surface area contributed by atoms with Gasteiger partial charge in [0.15, 0.2) is 0 Å². The Morgan fingerprint density at radius 1 is 1.14 bits per heavy atom. The highest BCUT2D eigenvalue weighted by Gasteiger charge is 2.38. The highest BCUT2D eigenvalue weighted by Crippen LogP contribution is 2.36. The molecule has 3 heteroatoms. The van der Waals surface area contributed by atoms with Crippen molar-refractivity contribution in [3.8, 4) is 0 Å². The zero-order valence-corrected chi connectivity index (χ0v) is 12.7. The number of amides is 1. The molecule has 1 aliphatic carbocycles. The Kier molecular flexibility index (Phi) is 4.59. The molecule has 1 saturated carbocycles. The molecule has 0 aromatic heterocycles. The molecular weight excluding hydrogens is 260 g/mol. The fourth-order valence-electron chi connectivity index (χ4n) is 4.16. The summed E-state index contributed by atoms with van der Waals surface area (Å²) in [5, 5.41) is 0. The number of nitrogens with two attached hydrogens (primary N) is 1. The van der Waals surface area contributed by atoms with Crippen LogP contribution in [0.3, 0.4) is 0 Å². The molecule has 3 rings (SSSR count). The van der Waals surface area contributed by atoms with Gasteiger partial charge in [0.25, 0.3) is 0 Å². The Labute approximate surface area is 127 Å². The van der Waals surface area contributed by atoms with Crippen molar-refractivity contribution in [3.05, 3.63) is 35.9 Å². The van der Waals surface area contributed by atoms with E-state index >= 15 is 0 Å². The van der Waals surface area contributed by atoms with E-state index in [0.717, 1.165) is 24.4 Å². The fourth-order valence-corrected chi connectivity index (χ4v) is 4.16. The van der Waals surface area contributed by atoms with Crippen LogP contribution >= 0.6 is 0 Å². The lowest BCUT2D eigenvalue weighted by molar-refractivity contribution is -0.134. The molecule has 1 aromatic rings. The van der Waals surface area contributed by atoms with Crippen molar-refractivity contribution >= 4 is 5.91 Å². The number of benzene rings is 1. The predicted molar refractivity (Wildman–Crippen MR) is 84.9 cm³/mol. The summed E-state index contributed by atoms with van der Waals surface area (Å²) in [5.41, 5.74) is 6.98. The van der Waals surface area contributed by atoms with E-state index in [2.05, 4.69) is 4.90 Å². The number of carbonyl (C=O) groups excluding carboxylic acids is 1. The molecule has 1 aliphatic heterocycles. The van der Waals surface area contributed by atoms with E-state index in [-0.39, 0.29) is 11.8 Å². The van der Waals surface area contributed by atoms with Crippen LogP contribution in [0.1, 0.15) is 50.0 Å². The molecule has 1 amide bonds. The quantitative estimate of drug-likeness (QED) is 0.925. The van der Waals surface area contributed by atoms with E-state index in [4.69, 9.17) is 5.73 Å². The lowest BCUT2D eigenvalue weighted by atomic mass is 9.93. The molecule has 1 aromatic carbocycles. The van der Waals surface area contributed by atoms with Gasteiger partial charge in [0.1, 0.15) is 0 Å². The zero-order chi connectivity index (χ0) is 14.7. The largest absolute Gasteiger partial charge is 0.339 e. The van der Waals surface area contributed by atoms with Gasteiger partial charge in [-0.2, -0.15) is 0 Å². The fraction of sp³-hybridized carbons (Fsp3) is 0.611. The standard InChI is InChI=1S/C18H26N2O/c19-13-16(14-7-2-1-3-8-14)18(21)20-12-6-11-17(20)15-9-4-5-10-15/h1-3,7-8,15-17H,4-6,9-13,19H2. The maximum atomic E-state index is 13.0. The molecule has 2 unspecified atom stereocenters. The van der Waals surface area contributed by atoms with Crippen molar-refractivity contribution in [2.24, 2.45) is 11.7 Å². The Balaban J connectivity index is 1.76. The third-order valence-corrected chi connectivity index (χ3v) is 5.26. The summed E-state index contributed by atoms with van der Waals surface area (Å²) in [4.78, 5) is 15.1. The van der Waals surface area contributed by atoms with Crippen LogP contribution in [0.25, 0.3) is 0 Å². The van der Waals surface area contributed by atoms with Gasteiger partial charge in [-0.25, -0.2) is 0 Å². The Hall–Kier alpha value is -1.35. The third kappa shape index (κ3) is 2.98. The smallest absolute Gasteiger partial charge is 0.231 e. The number of rotatable bonds is 4. The summed E-state index contributed by atoms with van der Waals surface area (Å²) < 4.78 is 0. The summed E-state index contributed by atoms with van der Waals surface area (Å²) in [6.45, 7) is 1.32. The second kappa shape index (κ2) is 6.61. The summed E-state index contributed by atoms with van der Waals surface area (Å²) in [7, 11) is 0. The molecule has 2 aliphatic rings. The number of likely N-dealkylation sites (tertiary alicyclic amines) is 1. The first-order valence-electron chi connectivity index (χ1n) is 8.36. The minimum atomic E-state index is -0.173. The molecule has 2 atom stereocenters. The van der Waals surface area contributed by atoms with Crippen molar-refractivity contribution in [3.63, 3.8) is 0 Å². The van der Waals surface area contributed by atoms with E-state index in [1.54, 1.807) is 0 Å². The average molecular weight is 286 g/mol. The minimum absolute atomic E-state index is 0.173. The second-order valence-electron chi connectivity index (χ2n) is 6.48. The van der Waals surface area contributed by atoms with Crippen LogP contribution in [0.2, 0.25) is 0 Å². The summed E-state index contributed by atoms with van der Waals surface area (Å²) in [5.74, 6) is 0.803. The van der Waals surface area contributed by atoms with E-state index in [0.29, 0.717) is 12.6 Å². The number of hydrogen-bond donors (Lipinski definition) is 1. The summed E-state index contributed by atoms with van der Waals surface area (Å²) in [6, 6.07) is 10.5. The van der Waals surface area contributed by atoms with Crippen molar-refractivity contribution in [2.75, 3.05) is 13.1 Å². The molecule has 2 fully saturated rings. The van der Waals surface area contributed by atoms with E-state index < -0.39 is 0 Å².